The highest BCUT2D eigenvalue weighted by Gasteiger charge is 2.56. The molecule has 5 aromatic rings. The Morgan fingerprint density at radius 3 is 2.13 bits per heavy atom. The van der Waals surface area contributed by atoms with Crippen molar-refractivity contribution in [2.24, 2.45) is 5.41 Å². The Morgan fingerprint density at radius 1 is 0.804 bits per heavy atom. The number of aromatic nitrogens is 1. The van der Waals surface area contributed by atoms with E-state index in [4.69, 9.17) is 14.2 Å². The maximum atomic E-state index is 15.2. The summed E-state index contributed by atoms with van der Waals surface area (Å²) in [5.41, 5.74) is 1.47. The van der Waals surface area contributed by atoms with E-state index in [0.717, 1.165) is 17.2 Å². The lowest BCUT2D eigenvalue weighted by Crippen LogP contribution is -2.35. The summed E-state index contributed by atoms with van der Waals surface area (Å²) in [6.45, 7) is 0.222. The molecule has 0 aliphatic heterocycles. The van der Waals surface area contributed by atoms with E-state index >= 15 is 4.39 Å². The standard InChI is InChI=1S/C35H29F2N3O6/c1-44-31-17-26-28(18-32(31)45-20-22-4-2-21(19-41)3-5-22)38-15-12-29(26)46-30-11-10-25(16-27(30)37)40-34(43)35(13-14-35)33(42)39-24-8-6-23(36)7-9-24/h2-12,15-18,41H,13-14,19-20H2,1H3,(H,39,42)(H,40,43). The topological polar surface area (TPSA) is 119 Å². The Bertz CT molecular complexity index is 1910. The lowest BCUT2D eigenvalue weighted by molar-refractivity contribution is -0.131. The average molecular weight is 626 g/mol. The molecule has 1 saturated carbocycles. The van der Waals surface area contributed by atoms with Crippen molar-refractivity contribution in [1.82, 2.24) is 4.98 Å². The van der Waals surface area contributed by atoms with Crippen molar-refractivity contribution in [3.8, 4) is 23.0 Å². The molecule has 11 heteroatoms. The average Bonchev–Trinajstić information content (AvgIpc) is 3.89. The Hall–Kier alpha value is -5.55. The van der Waals surface area contributed by atoms with Gasteiger partial charge < -0.3 is 30.0 Å². The molecule has 1 heterocycles. The fraction of sp³-hybridized carbons (Fsp3) is 0.171. The zero-order chi connectivity index (χ0) is 32.3. The molecule has 0 spiro atoms. The zero-order valence-electron chi connectivity index (χ0n) is 24.7. The largest absolute Gasteiger partial charge is 0.493 e. The number of anilines is 2. The molecule has 2 amide bonds. The van der Waals surface area contributed by atoms with Crippen LogP contribution in [0.3, 0.4) is 0 Å². The van der Waals surface area contributed by atoms with Gasteiger partial charge in [-0.1, -0.05) is 24.3 Å². The van der Waals surface area contributed by atoms with Gasteiger partial charge in [0.25, 0.3) is 0 Å². The first-order valence-corrected chi connectivity index (χ1v) is 14.4. The third kappa shape index (κ3) is 6.45. The third-order valence-electron chi connectivity index (χ3n) is 7.72. The van der Waals surface area contributed by atoms with Crippen molar-refractivity contribution in [3.63, 3.8) is 0 Å². The molecule has 1 aliphatic carbocycles. The number of benzene rings is 4. The minimum Gasteiger partial charge on any atom is -0.493 e. The summed E-state index contributed by atoms with van der Waals surface area (Å²) in [6, 6.07) is 21.6. The van der Waals surface area contributed by atoms with E-state index in [9.17, 15) is 19.1 Å². The predicted molar refractivity (Wildman–Crippen MR) is 167 cm³/mol. The molecule has 9 nitrogen and oxygen atoms in total. The number of nitrogens with zero attached hydrogens (tertiary/aromatic N) is 1. The minimum atomic E-state index is -1.29. The molecule has 0 bridgehead atoms. The Kier molecular flexibility index (Phi) is 8.49. The van der Waals surface area contributed by atoms with Crippen LogP contribution >= 0.6 is 0 Å². The summed E-state index contributed by atoms with van der Waals surface area (Å²) in [5.74, 6) is -1.14. The monoisotopic (exact) mass is 625 g/mol. The van der Waals surface area contributed by atoms with E-state index in [1.807, 2.05) is 24.3 Å². The van der Waals surface area contributed by atoms with Gasteiger partial charge in [-0.05, 0) is 72.5 Å². The number of ether oxygens (including phenoxy) is 3. The van der Waals surface area contributed by atoms with Gasteiger partial charge in [0, 0.05) is 35.1 Å². The third-order valence-corrected chi connectivity index (χ3v) is 7.72. The maximum absolute atomic E-state index is 15.2. The molecule has 1 aliphatic rings. The number of hydrogen-bond donors (Lipinski definition) is 3. The Labute approximate surface area is 262 Å². The first-order valence-electron chi connectivity index (χ1n) is 14.4. The minimum absolute atomic E-state index is 0.0396. The number of aliphatic hydroxyl groups excluding tert-OH is 1. The van der Waals surface area contributed by atoms with Crippen LogP contribution in [-0.4, -0.2) is 29.0 Å². The van der Waals surface area contributed by atoms with Gasteiger partial charge in [0.2, 0.25) is 11.8 Å². The van der Waals surface area contributed by atoms with E-state index in [2.05, 4.69) is 15.6 Å². The molecule has 234 valence electrons. The second kappa shape index (κ2) is 12.8. The van der Waals surface area contributed by atoms with Gasteiger partial charge in [0.15, 0.2) is 23.1 Å². The van der Waals surface area contributed by atoms with Crippen LogP contribution in [0.15, 0.2) is 91.1 Å². The highest BCUT2D eigenvalue weighted by Crippen LogP contribution is 2.47. The molecular formula is C35H29F2N3O6. The van der Waals surface area contributed by atoms with Gasteiger partial charge in [-0.3, -0.25) is 14.6 Å². The van der Waals surface area contributed by atoms with Gasteiger partial charge >= 0.3 is 0 Å². The fourth-order valence-electron chi connectivity index (χ4n) is 4.89. The molecule has 46 heavy (non-hydrogen) atoms. The van der Waals surface area contributed by atoms with Crippen molar-refractivity contribution in [1.29, 1.82) is 0 Å². The van der Waals surface area contributed by atoms with Crippen molar-refractivity contribution in [2.45, 2.75) is 26.1 Å². The Balaban J connectivity index is 1.14. The predicted octanol–water partition coefficient (Wildman–Crippen LogP) is 6.74. The second-order valence-corrected chi connectivity index (χ2v) is 10.8. The van der Waals surface area contributed by atoms with E-state index in [1.54, 1.807) is 18.2 Å². The van der Waals surface area contributed by atoms with Crippen molar-refractivity contribution in [3.05, 3.63) is 114 Å². The van der Waals surface area contributed by atoms with E-state index in [-0.39, 0.29) is 24.7 Å². The number of rotatable bonds is 11. The number of fused-ring (bicyclic) bond motifs is 1. The summed E-state index contributed by atoms with van der Waals surface area (Å²) in [6.07, 6.45) is 2.19. The number of methoxy groups -OCH3 is 1. The second-order valence-electron chi connectivity index (χ2n) is 10.8. The van der Waals surface area contributed by atoms with Crippen LogP contribution in [-0.2, 0) is 22.8 Å². The number of amides is 2. The summed E-state index contributed by atoms with van der Waals surface area (Å²) < 4.78 is 45.9. The molecule has 0 saturated heterocycles. The van der Waals surface area contributed by atoms with Crippen LogP contribution in [0.1, 0.15) is 24.0 Å². The van der Waals surface area contributed by atoms with Gasteiger partial charge in [-0.2, -0.15) is 0 Å². The van der Waals surface area contributed by atoms with E-state index < -0.39 is 28.9 Å². The van der Waals surface area contributed by atoms with Crippen LogP contribution in [0, 0.1) is 17.0 Å². The number of hydrogen-bond acceptors (Lipinski definition) is 7. The summed E-state index contributed by atoms with van der Waals surface area (Å²) in [4.78, 5) is 30.3. The van der Waals surface area contributed by atoms with Crippen LogP contribution in [0.4, 0.5) is 20.2 Å². The molecule has 6 rings (SSSR count). The zero-order valence-corrected chi connectivity index (χ0v) is 24.7. The number of carbonyl (C=O) groups excluding carboxylic acids is 2. The van der Waals surface area contributed by atoms with Crippen LogP contribution < -0.4 is 24.8 Å². The first-order chi connectivity index (χ1) is 22.3. The molecule has 0 atom stereocenters. The van der Waals surface area contributed by atoms with Crippen molar-refractivity contribution >= 4 is 34.1 Å². The molecule has 1 aromatic heterocycles. The number of carbonyl (C=O) groups is 2. The molecule has 0 unspecified atom stereocenters. The molecule has 1 fully saturated rings. The summed E-state index contributed by atoms with van der Waals surface area (Å²) in [7, 11) is 1.51. The number of halogens is 2. The van der Waals surface area contributed by atoms with Crippen molar-refractivity contribution < 1.29 is 37.7 Å². The van der Waals surface area contributed by atoms with E-state index in [0.29, 0.717) is 46.7 Å². The van der Waals surface area contributed by atoms with Gasteiger partial charge in [0.1, 0.15) is 23.6 Å². The van der Waals surface area contributed by atoms with Gasteiger partial charge in [0.05, 0.1) is 19.2 Å². The van der Waals surface area contributed by atoms with Gasteiger partial charge in [-0.25, -0.2) is 8.78 Å². The molecule has 4 aromatic carbocycles. The normalized spacial score (nSPS) is 13.1. The summed E-state index contributed by atoms with van der Waals surface area (Å²) >= 11 is 0. The van der Waals surface area contributed by atoms with E-state index in [1.165, 1.54) is 49.7 Å². The molecule has 0 radical (unpaired) electrons. The Morgan fingerprint density at radius 2 is 1.48 bits per heavy atom. The highest BCUT2D eigenvalue weighted by atomic mass is 19.1. The highest BCUT2D eigenvalue weighted by molar-refractivity contribution is 6.16. The number of aliphatic hydroxyl groups is 1. The maximum Gasteiger partial charge on any atom is 0.240 e. The fourth-order valence-corrected chi connectivity index (χ4v) is 4.89. The van der Waals surface area contributed by atoms with Crippen molar-refractivity contribution in [2.75, 3.05) is 17.7 Å². The molecule has 3 N–H and O–H groups in total. The van der Waals surface area contributed by atoms with Crippen LogP contribution in [0.25, 0.3) is 10.9 Å². The van der Waals surface area contributed by atoms with Gasteiger partial charge in [-0.15, -0.1) is 0 Å². The SMILES string of the molecule is COc1cc2c(Oc3ccc(NC(=O)C4(C(=O)Nc5ccc(F)cc5)CC4)cc3F)ccnc2cc1OCc1ccc(CO)cc1. The number of pyridine rings is 1. The lowest BCUT2D eigenvalue weighted by atomic mass is 10.0. The summed E-state index contributed by atoms with van der Waals surface area (Å²) in [5, 5.41) is 15.1. The van der Waals surface area contributed by atoms with Crippen LogP contribution in [0.5, 0.6) is 23.0 Å². The number of nitrogens with one attached hydrogen (secondary N) is 2. The molecular weight excluding hydrogens is 596 g/mol. The first kappa shape index (κ1) is 30.5. The quantitative estimate of drug-likeness (QED) is 0.139. The van der Waals surface area contributed by atoms with Crippen LogP contribution in [0.2, 0.25) is 0 Å². The smallest absolute Gasteiger partial charge is 0.240 e. The lowest BCUT2D eigenvalue weighted by Gasteiger charge is -2.16.